The van der Waals surface area contributed by atoms with E-state index in [4.69, 9.17) is 15.2 Å². The first-order chi connectivity index (χ1) is 8.63. The lowest BCUT2D eigenvalue weighted by Gasteiger charge is -2.10. The molecule has 1 aromatic carbocycles. The van der Waals surface area contributed by atoms with Crippen LogP contribution in [0.2, 0.25) is 0 Å². The number of hydrogen-bond donors (Lipinski definition) is 2. The first-order valence-corrected chi connectivity index (χ1v) is 7.21. The largest absolute Gasteiger partial charge is 0.490 e. The second-order valence-corrected chi connectivity index (χ2v) is 5.61. The predicted octanol–water partition coefficient (Wildman–Crippen LogP) is 0.0849. The third-order valence-corrected chi connectivity index (χ3v) is 3.92. The lowest BCUT2D eigenvalue weighted by Crippen LogP contribution is -2.29. The van der Waals surface area contributed by atoms with Crippen molar-refractivity contribution in [2.75, 3.05) is 26.3 Å². The Labute approximate surface area is 106 Å². The van der Waals surface area contributed by atoms with Gasteiger partial charge in [0, 0.05) is 25.6 Å². The van der Waals surface area contributed by atoms with E-state index in [2.05, 4.69) is 4.72 Å². The molecule has 3 N–H and O–H groups in total. The highest BCUT2D eigenvalue weighted by Gasteiger charge is 2.18. The molecule has 1 aromatic rings. The normalized spacial score (nSPS) is 15.2. The zero-order valence-corrected chi connectivity index (χ0v) is 10.7. The van der Waals surface area contributed by atoms with Gasteiger partial charge in [-0.25, -0.2) is 13.1 Å². The minimum absolute atomic E-state index is 0.153. The molecule has 0 atom stereocenters. The van der Waals surface area contributed by atoms with Gasteiger partial charge in [0.15, 0.2) is 11.5 Å². The van der Waals surface area contributed by atoms with Crippen molar-refractivity contribution in [1.29, 1.82) is 0 Å². The maximum absolute atomic E-state index is 11.9. The molecule has 0 spiro atoms. The molecule has 0 aromatic heterocycles. The fourth-order valence-electron chi connectivity index (χ4n) is 1.59. The molecular formula is C11H16N2O4S. The fourth-order valence-corrected chi connectivity index (χ4v) is 2.65. The molecule has 2 rings (SSSR count). The minimum Gasteiger partial charge on any atom is -0.490 e. The first kappa shape index (κ1) is 13.1. The Morgan fingerprint density at radius 3 is 2.67 bits per heavy atom. The molecule has 6 nitrogen and oxygen atoms in total. The quantitative estimate of drug-likeness (QED) is 0.810. The Bertz CT molecular complexity index is 516. The van der Waals surface area contributed by atoms with Crippen molar-refractivity contribution in [3.05, 3.63) is 18.2 Å². The summed E-state index contributed by atoms with van der Waals surface area (Å²) in [6, 6.07) is 4.57. The molecule has 0 unspecified atom stereocenters. The lowest BCUT2D eigenvalue weighted by atomic mass is 10.3. The van der Waals surface area contributed by atoms with Crippen LogP contribution >= 0.6 is 0 Å². The summed E-state index contributed by atoms with van der Waals surface area (Å²) >= 11 is 0. The molecule has 0 fully saturated rings. The van der Waals surface area contributed by atoms with E-state index < -0.39 is 10.0 Å². The summed E-state index contributed by atoms with van der Waals surface area (Å²) in [6.45, 7) is 1.55. The maximum Gasteiger partial charge on any atom is 0.240 e. The van der Waals surface area contributed by atoms with E-state index in [-0.39, 0.29) is 18.0 Å². The Balaban J connectivity index is 2.27. The molecule has 18 heavy (non-hydrogen) atoms. The van der Waals surface area contributed by atoms with Crippen LogP contribution in [0.1, 0.15) is 6.42 Å². The predicted molar refractivity (Wildman–Crippen MR) is 66.3 cm³/mol. The molecular weight excluding hydrogens is 256 g/mol. The van der Waals surface area contributed by atoms with E-state index in [0.29, 0.717) is 24.7 Å². The summed E-state index contributed by atoms with van der Waals surface area (Å²) in [6.07, 6.45) is 0.780. The van der Waals surface area contributed by atoms with Gasteiger partial charge in [0.2, 0.25) is 10.0 Å². The van der Waals surface area contributed by atoms with E-state index in [0.717, 1.165) is 6.42 Å². The van der Waals surface area contributed by atoms with E-state index in [1.165, 1.54) is 12.1 Å². The zero-order valence-electron chi connectivity index (χ0n) is 9.89. The van der Waals surface area contributed by atoms with Crippen LogP contribution in [0.3, 0.4) is 0 Å². The number of nitrogens with one attached hydrogen (secondary N) is 1. The summed E-state index contributed by atoms with van der Waals surface area (Å²) in [5.74, 6) is 1.04. The van der Waals surface area contributed by atoms with Crippen LogP contribution in [-0.2, 0) is 10.0 Å². The van der Waals surface area contributed by atoms with Gasteiger partial charge in [0.1, 0.15) is 0 Å². The molecule has 0 bridgehead atoms. The maximum atomic E-state index is 11.9. The smallest absolute Gasteiger partial charge is 0.240 e. The Morgan fingerprint density at radius 2 is 1.94 bits per heavy atom. The van der Waals surface area contributed by atoms with Crippen LogP contribution in [0.25, 0.3) is 0 Å². The van der Waals surface area contributed by atoms with Crippen LogP contribution in [-0.4, -0.2) is 34.7 Å². The van der Waals surface area contributed by atoms with Crippen LogP contribution in [0.15, 0.2) is 23.1 Å². The van der Waals surface area contributed by atoms with Gasteiger partial charge in [-0.15, -0.1) is 0 Å². The van der Waals surface area contributed by atoms with Gasteiger partial charge < -0.3 is 15.2 Å². The van der Waals surface area contributed by atoms with Crippen molar-refractivity contribution in [3.8, 4) is 11.5 Å². The number of sulfonamides is 1. The number of nitrogens with two attached hydrogens (primary N) is 1. The third kappa shape index (κ3) is 2.92. The average Bonchev–Trinajstić information content (AvgIpc) is 2.60. The van der Waals surface area contributed by atoms with Gasteiger partial charge in [-0.05, 0) is 12.1 Å². The monoisotopic (exact) mass is 272 g/mol. The molecule has 100 valence electrons. The summed E-state index contributed by atoms with van der Waals surface area (Å²) in [4.78, 5) is 0.153. The number of ether oxygens (including phenoxy) is 2. The Morgan fingerprint density at radius 1 is 1.22 bits per heavy atom. The average molecular weight is 272 g/mol. The summed E-state index contributed by atoms with van der Waals surface area (Å²) in [5, 5.41) is 0. The van der Waals surface area contributed by atoms with Gasteiger partial charge in [-0.2, -0.15) is 0 Å². The van der Waals surface area contributed by atoms with Gasteiger partial charge in [0.25, 0.3) is 0 Å². The van der Waals surface area contributed by atoms with Crippen molar-refractivity contribution in [3.63, 3.8) is 0 Å². The van der Waals surface area contributed by atoms with Gasteiger partial charge in [0.05, 0.1) is 18.1 Å². The molecule has 1 aliphatic rings. The third-order valence-electron chi connectivity index (χ3n) is 2.47. The second-order valence-electron chi connectivity index (χ2n) is 3.85. The van der Waals surface area contributed by atoms with Crippen LogP contribution in [0.4, 0.5) is 0 Å². The number of rotatable bonds is 4. The van der Waals surface area contributed by atoms with Gasteiger partial charge in [-0.3, -0.25) is 0 Å². The molecule has 1 aliphatic heterocycles. The minimum atomic E-state index is -3.53. The van der Waals surface area contributed by atoms with Crippen molar-refractivity contribution < 1.29 is 17.9 Å². The SMILES string of the molecule is NCCNS(=O)(=O)c1ccc2c(c1)OCCCO2. The summed E-state index contributed by atoms with van der Waals surface area (Å²) in [5.41, 5.74) is 5.27. The van der Waals surface area contributed by atoms with E-state index >= 15 is 0 Å². The van der Waals surface area contributed by atoms with Gasteiger partial charge in [-0.1, -0.05) is 0 Å². The highest BCUT2D eigenvalue weighted by atomic mass is 32.2. The van der Waals surface area contributed by atoms with E-state index in [9.17, 15) is 8.42 Å². The first-order valence-electron chi connectivity index (χ1n) is 5.73. The van der Waals surface area contributed by atoms with Crippen LogP contribution in [0, 0.1) is 0 Å². The number of hydrogen-bond acceptors (Lipinski definition) is 5. The zero-order chi connectivity index (χ0) is 13.0. The number of fused-ring (bicyclic) bond motifs is 1. The Hall–Kier alpha value is -1.31. The molecule has 0 aliphatic carbocycles. The topological polar surface area (TPSA) is 90.7 Å². The van der Waals surface area contributed by atoms with Gasteiger partial charge >= 0.3 is 0 Å². The standard InChI is InChI=1S/C11H16N2O4S/c12-4-5-13-18(14,15)9-2-3-10-11(8-9)17-7-1-6-16-10/h2-3,8,13H,1,4-7,12H2. The molecule has 0 radical (unpaired) electrons. The molecule has 1 heterocycles. The van der Waals surface area contributed by atoms with Crippen molar-refractivity contribution >= 4 is 10.0 Å². The lowest BCUT2D eigenvalue weighted by molar-refractivity contribution is 0.297. The highest BCUT2D eigenvalue weighted by Crippen LogP contribution is 2.31. The van der Waals surface area contributed by atoms with Crippen LogP contribution in [0.5, 0.6) is 11.5 Å². The Kier molecular flexibility index (Phi) is 4.05. The molecule has 0 saturated carbocycles. The fraction of sp³-hybridized carbons (Fsp3) is 0.455. The molecule has 7 heteroatoms. The molecule has 0 saturated heterocycles. The number of benzene rings is 1. The summed E-state index contributed by atoms with van der Waals surface area (Å²) in [7, 11) is -3.53. The van der Waals surface area contributed by atoms with Crippen molar-refractivity contribution in [1.82, 2.24) is 4.72 Å². The van der Waals surface area contributed by atoms with Crippen molar-refractivity contribution in [2.45, 2.75) is 11.3 Å². The highest BCUT2D eigenvalue weighted by molar-refractivity contribution is 7.89. The van der Waals surface area contributed by atoms with E-state index in [1.54, 1.807) is 6.07 Å². The molecule has 0 amide bonds. The summed E-state index contributed by atoms with van der Waals surface area (Å²) < 4.78 is 37.1. The van der Waals surface area contributed by atoms with E-state index in [1.807, 2.05) is 0 Å². The van der Waals surface area contributed by atoms with Crippen molar-refractivity contribution in [2.24, 2.45) is 5.73 Å². The second kappa shape index (κ2) is 5.55. The van der Waals surface area contributed by atoms with Crippen LogP contribution < -0.4 is 19.9 Å².